The van der Waals surface area contributed by atoms with E-state index < -0.39 is 0 Å². The van der Waals surface area contributed by atoms with Crippen LogP contribution in [0.5, 0.6) is 0 Å². The average Bonchev–Trinajstić information content (AvgIpc) is 2.75. The lowest BCUT2D eigenvalue weighted by Gasteiger charge is -2.11. The van der Waals surface area contributed by atoms with Gasteiger partial charge in [0.15, 0.2) is 0 Å². The first-order valence-corrected chi connectivity index (χ1v) is 8.46. The van der Waals surface area contributed by atoms with Gasteiger partial charge in [0.25, 0.3) is 5.91 Å². The van der Waals surface area contributed by atoms with Crippen molar-refractivity contribution in [3.8, 4) is 0 Å². The number of hydrogen-bond donors (Lipinski definition) is 2. The second kappa shape index (κ2) is 6.57. The number of halogens is 1. The van der Waals surface area contributed by atoms with Crippen LogP contribution >= 0.6 is 11.6 Å². The molecule has 1 amide bonds. The first-order chi connectivity index (χ1) is 12.2. The van der Waals surface area contributed by atoms with Gasteiger partial charge >= 0.3 is 0 Å². The number of aromatic nitrogens is 1. The van der Waals surface area contributed by atoms with Crippen LogP contribution in [0.4, 0.5) is 17.1 Å². The van der Waals surface area contributed by atoms with Gasteiger partial charge in [-0.2, -0.15) is 0 Å². The summed E-state index contributed by atoms with van der Waals surface area (Å²) in [5, 5.41) is 6.88. The molecule has 0 radical (unpaired) electrons. The fraction of sp³-hybridized carbons (Fsp3) is 0.100. The Morgan fingerprint density at radius 2 is 1.60 bits per heavy atom. The lowest BCUT2D eigenvalue weighted by Crippen LogP contribution is -2.10. The van der Waals surface area contributed by atoms with E-state index >= 15 is 0 Å². The van der Waals surface area contributed by atoms with Gasteiger partial charge in [-0.25, -0.2) is 0 Å². The van der Waals surface area contributed by atoms with Crippen molar-refractivity contribution >= 4 is 34.6 Å². The minimum atomic E-state index is -0.135. The van der Waals surface area contributed by atoms with Crippen LogP contribution in [0.25, 0.3) is 0 Å². The molecule has 5 heteroatoms. The predicted molar refractivity (Wildman–Crippen MR) is 101 cm³/mol. The molecule has 0 bridgehead atoms. The van der Waals surface area contributed by atoms with E-state index in [1.54, 1.807) is 30.6 Å². The summed E-state index contributed by atoms with van der Waals surface area (Å²) in [6, 6.07) is 15.4. The second-order valence-corrected chi connectivity index (χ2v) is 6.44. The zero-order chi connectivity index (χ0) is 17.2. The molecule has 0 saturated heterocycles. The number of fused-ring (bicyclic) bond motifs is 2. The lowest BCUT2D eigenvalue weighted by atomic mass is 10.0. The van der Waals surface area contributed by atoms with Crippen LogP contribution in [-0.4, -0.2) is 10.9 Å². The average molecular weight is 350 g/mol. The molecule has 0 atom stereocenters. The number of benzene rings is 2. The number of aryl methyl sites for hydroxylation is 2. The van der Waals surface area contributed by atoms with Crippen LogP contribution in [-0.2, 0) is 12.8 Å². The van der Waals surface area contributed by atoms with Crippen molar-refractivity contribution in [1.29, 1.82) is 0 Å². The second-order valence-electron chi connectivity index (χ2n) is 6.00. The number of hydrogen-bond acceptors (Lipinski definition) is 3. The molecule has 1 aromatic heterocycles. The fourth-order valence-corrected chi connectivity index (χ4v) is 3.12. The molecule has 0 fully saturated rings. The summed E-state index contributed by atoms with van der Waals surface area (Å²) in [6.07, 6.45) is 5.43. The number of nitrogens with zero attached hydrogens (tertiary/aromatic N) is 1. The van der Waals surface area contributed by atoms with Crippen LogP contribution in [0.1, 0.15) is 21.5 Å². The lowest BCUT2D eigenvalue weighted by molar-refractivity contribution is 0.102. The van der Waals surface area contributed by atoms with Gasteiger partial charge in [0.1, 0.15) is 0 Å². The summed E-state index contributed by atoms with van der Waals surface area (Å²) in [5.41, 5.74) is 5.36. The number of carbonyl (C=O) groups is 1. The zero-order valence-corrected chi connectivity index (χ0v) is 14.2. The summed E-state index contributed by atoms with van der Waals surface area (Å²) in [6.45, 7) is 0. The van der Waals surface area contributed by atoms with Gasteiger partial charge in [0.05, 0.1) is 22.6 Å². The normalized spacial score (nSPS) is 12.4. The Morgan fingerprint density at radius 3 is 2.44 bits per heavy atom. The molecule has 124 valence electrons. The van der Waals surface area contributed by atoms with Gasteiger partial charge in [-0.05, 0) is 66.4 Å². The third-order valence-electron chi connectivity index (χ3n) is 4.28. The smallest absolute Gasteiger partial charge is 0.257 e. The predicted octanol–water partition coefficient (Wildman–Crippen LogP) is 4.83. The van der Waals surface area contributed by atoms with Gasteiger partial charge in [0.2, 0.25) is 0 Å². The van der Waals surface area contributed by atoms with Crippen molar-refractivity contribution in [2.75, 3.05) is 10.6 Å². The Kier molecular flexibility index (Phi) is 4.12. The molecule has 1 aliphatic heterocycles. The van der Waals surface area contributed by atoms with E-state index in [2.05, 4.69) is 21.7 Å². The molecular weight excluding hydrogens is 334 g/mol. The van der Waals surface area contributed by atoms with E-state index in [9.17, 15) is 4.79 Å². The third kappa shape index (κ3) is 3.35. The Balaban J connectivity index is 1.59. The summed E-state index contributed by atoms with van der Waals surface area (Å²) in [7, 11) is 0. The van der Waals surface area contributed by atoms with E-state index in [4.69, 9.17) is 11.6 Å². The van der Waals surface area contributed by atoms with Crippen LogP contribution in [0, 0.1) is 0 Å². The minimum absolute atomic E-state index is 0.135. The highest BCUT2D eigenvalue weighted by molar-refractivity contribution is 6.31. The number of rotatable bonds is 3. The molecule has 25 heavy (non-hydrogen) atoms. The van der Waals surface area contributed by atoms with Crippen LogP contribution in [0.2, 0.25) is 5.02 Å². The molecule has 1 aliphatic rings. The summed E-state index contributed by atoms with van der Waals surface area (Å²) in [4.78, 5) is 16.5. The summed E-state index contributed by atoms with van der Waals surface area (Å²) >= 11 is 6.05. The Hall–Kier alpha value is -2.85. The number of nitrogens with one attached hydrogen (secondary N) is 2. The minimum Gasteiger partial charge on any atom is -0.353 e. The number of amides is 1. The maximum absolute atomic E-state index is 12.5. The molecule has 3 aromatic rings. The highest BCUT2D eigenvalue weighted by atomic mass is 35.5. The number of pyridine rings is 1. The molecule has 2 N–H and O–H groups in total. The van der Waals surface area contributed by atoms with Gasteiger partial charge in [-0.3, -0.25) is 9.78 Å². The van der Waals surface area contributed by atoms with Crippen LogP contribution < -0.4 is 10.6 Å². The Morgan fingerprint density at radius 1 is 0.800 bits per heavy atom. The molecule has 4 nitrogen and oxygen atoms in total. The van der Waals surface area contributed by atoms with Gasteiger partial charge in [-0.15, -0.1) is 0 Å². The molecule has 0 aliphatic carbocycles. The molecule has 0 saturated carbocycles. The summed E-state index contributed by atoms with van der Waals surface area (Å²) in [5.74, 6) is -0.135. The van der Waals surface area contributed by atoms with Crippen molar-refractivity contribution in [2.45, 2.75) is 12.8 Å². The van der Waals surface area contributed by atoms with Crippen molar-refractivity contribution < 1.29 is 4.79 Å². The van der Waals surface area contributed by atoms with E-state index in [1.165, 1.54) is 11.1 Å². The van der Waals surface area contributed by atoms with Gasteiger partial charge < -0.3 is 10.6 Å². The van der Waals surface area contributed by atoms with Crippen molar-refractivity contribution in [1.82, 2.24) is 4.98 Å². The number of carbonyl (C=O) groups excluding carboxylic acids is 1. The third-order valence-corrected chi connectivity index (χ3v) is 4.51. The van der Waals surface area contributed by atoms with Crippen LogP contribution in [0.15, 0.2) is 60.9 Å². The standard InChI is InChI=1S/C20H16ClN3O/c21-15-4-5-16-18(12-15)23-17-6-3-14(11-19(17)24-20(16)25)2-1-13-7-9-22-10-8-13/h3-12,23H,1-2H2,(H,24,25). The van der Waals surface area contributed by atoms with E-state index in [0.29, 0.717) is 16.3 Å². The molecule has 4 rings (SSSR count). The first-order valence-electron chi connectivity index (χ1n) is 8.09. The van der Waals surface area contributed by atoms with E-state index in [1.807, 2.05) is 24.3 Å². The topological polar surface area (TPSA) is 54.0 Å². The van der Waals surface area contributed by atoms with Crippen LogP contribution in [0.3, 0.4) is 0 Å². The van der Waals surface area contributed by atoms with E-state index in [-0.39, 0.29) is 5.91 Å². The largest absolute Gasteiger partial charge is 0.353 e. The van der Waals surface area contributed by atoms with E-state index in [0.717, 1.165) is 24.2 Å². The monoisotopic (exact) mass is 349 g/mol. The molecule has 0 unspecified atom stereocenters. The molecule has 2 heterocycles. The fourth-order valence-electron chi connectivity index (χ4n) is 2.95. The summed E-state index contributed by atoms with van der Waals surface area (Å²) < 4.78 is 0. The van der Waals surface area contributed by atoms with Crippen molar-refractivity contribution in [3.05, 3.63) is 82.6 Å². The quantitative estimate of drug-likeness (QED) is 0.712. The zero-order valence-electron chi connectivity index (χ0n) is 13.4. The maximum Gasteiger partial charge on any atom is 0.257 e. The molecular formula is C20H16ClN3O. The molecule has 2 aromatic carbocycles. The van der Waals surface area contributed by atoms with Gasteiger partial charge in [-0.1, -0.05) is 17.7 Å². The Bertz CT molecular complexity index is 941. The first kappa shape index (κ1) is 15.7. The van der Waals surface area contributed by atoms with Crippen molar-refractivity contribution in [3.63, 3.8) is 0 Å². The Labute approximate surface area is 150 Å². The highest BCUT2D eigenvalue weighted by Crippen LogP contribution is 2.34. The number of anilines is 3. The molecule has 0 spiro atoms. The highest BCUT2D eigenvalue weighted by Gasteiger charge is 2.19. The maximum atomic E-state index is 12.5. The SMILES string of the molecule is O=C1Nc2cc(CCc3ccncc3)ccc2Nc2cc(Cl)ccc21. The van der Waals surface area contributed by atoms with Gasteiger partial charge in [0, 0.05) is 17.4 Å². The van der Waals surface area contributed by atoms with Crippen molar-refractivity contribution in [2.24, 2.45) is 0 Å².